The first kappa shape index (κ1) is 12.0. The lowest BCUT2D eigenvalue weighted by molar-refractivity contribution is 0.102. The van der Waals surface area contributed by atoms with E-state index in [4.69, 9.17) is 0 Å². The predicted octanol–water partition coefficient (Wildman–Crippen LogP) is 4.14. The van der Waals surface area contributed by atoms with Crippen molar-refractivity contribution in [3.63, 3.8) is 0 Å². The van der Waals surface area contributed by atoms with Crippen molar-refractivity contribution in [2.24, 2.45) is 0 Å². The lowest BCUT2D eigenvalue weighted by Crippen LogP contribution is -1.98. The molecule has 0 radical (unpaired) electrons. The minimum absolute atomic E-state index is 0.105. The van der Waals surface area contributed by atoms with Crippen LogP contribution in [-0.4, -0.2) is 10.2 Å². The van der Waals surface area contributed by atoms with Gasteiger partial charge >= 0.3 is 0 Å². The van der Waals surface area contributed by atoms with Gasteiger partial charge in [0.05, 0.1) is 10.6 Å². The molecule has 0 bridgehead atoms. The van der Waals surface area contributed by atoms with Crippen molar-refractivity contribution in [1.29, 1.82) is 0 Å². The molecule has 0 atom stereocenters. The first-order chi connectivity index (χ1) is 8.11. The zero-order valence-electron chi connectivity index (χ0n) is 10.2. The summed E-state index contributed by atoms with van der Waals surface area (Å²) in [6, 6.07) is 10.0. The van der Waals surface area contributed by atoms with Crippen molar-refractivity contribution < 1.29 is 4.79 Å². The molecule has 0 aliphatic rings. The fourth-order valence-electron chi connectivity index (χ4n) is 1.89. The number of rotatable bonds is 3. The van der Waals surface area contributed by atoms with E-state index in [0.29, 0.717) is 5.92 Å². The van der Waals surface area contributed by atoms with Crippen LogP contribution in [0.4, 0.5) is 0 Å². The number of hydrogen-bond acceptors (Lipinski definition) is 3. The Morgan fingerprint density at radius 3 is 2.41 bits per heavy atom. The smallest absolute Gasteiger partial charge is 0.171 e. The number of carbonyl (C=O) groups excluding carboxylic acids is 1. The second kappa shape index (κ2) is 4.80. The molecule has 2 nitrogen and oxygen atoms in total. The zero-order valence-corrected chi connectivity index (χ0v) is 11.0. The van der Waals surface area contributed by atoms with E-state index in [0.717, 1.165) is 21.7 Å². The van der Waals surface area contributed by atoms with Gasteiger partial charge in [0.1, 0.15) is 0 Å². The number of hydrogen-bond donors (Lipinski definition) is 0. The molecule has 0 aliphatic heterocycles. The number of Topliss-reactive ketones (excluding diaryl/α,β-unsaturated/α-hetero) is 1. The van der Waals surface area contributed by atoms with E-state index < -0.39 is 0 Å². The molecule has 0 saturated carbocycles. The third kappa shape index (κ3) is 2.29. The van der Waals surface area contributed by atoms with Crippen LogP contribution in [0.15, 0.2) is 30.3 Å². The van der Waals surface area contributed by atoms with E-state index in [1.807, 2.05) is 30.3 Å². The molecule has 1 aromatic carbocycles. The summed E-state index contributed by atoms with van der Waals surface area (Å²) in [5, 5.41) is 0. The normalized spacial score (nSPS) is 10.8. The second-order valence-electron chi connectivity index (χ2n) is 4.35. The van der Waals surface area contributed by atoms with Crippen LogP contribution < -0.4 is 0 Å². The van der Waals surface area contributed by atoms with Crippen molar-refractivity contribution >= 4 is 17.3 Å². The van der Waals surface area contributed by atoms with E-state index in [2.05, 4.69) is 18.2 Å². The summed E-state index contributed by atoms with van der Waals surface area (Å²) in [6.45, 7) is 5.80. The van der Waals surface area contributed by atoms with Crippen LogP contribution in [0.25, 0.3) is 11.3 Å². The van der Waals surface area contributed by atoms with Gasteiger partial charge in [0.2, 0.25) is 0 Å². The Morgan fingerprint density at radius 2 is 1.88 bits per heavy atom. The van der Waals surface area contributed by atoms with E-state index in [9.17, 15) is 4.79 Å². The molecule has 0 N–H and O–H groups in total. The lowest BCUT2D eigenvalue weighted by Gasteiger charge is -2.08. The van der Waals surface area contributed by atoms with Gasteiger partial charge in [0.25, 0.3) is 0 Å². The minimum Gasteiger partial charge on any atom is -0.294 e. The van der Waals surface area contributed by atoms with Crippen LogP contribution in [0.1, 0.15) is 41.9 Å². The van der Waals surface area contributed by atoms with Crippen molar-refractivity contribution in [1.82, 2.24) is 4.37 Å². The summed E-state index contributed by atoms with van der Waals surface area (Å²) in [5.74, 6) is 0.413. The van der Waals surface area contributed by atoms with Crippen molar-refractivity contribution in [3.05, 3.63) is 40.8 Å². The molecular formula is C14H15NOS. The van der Waals surface area contributed by atoms with Crippen molar-refractivity contribution in [3.8, 4) is 11.3 Å². The maximum absolute atomic E-state index is 11.6. The Kier molecular flexibility index (Phi) is 3.38. The highest BCUT2D eigenvalue weighted by Crippen LogP contribution is 2.33. The monoisotopic (exact) mass is 245 g/mol. The highest BCUT2D eigenvalue weighted by Gasteiger charge is 2.20. The Labute approximate surface area is 105 Å². The lowest BCUT2D eigenvalue weighted by atomic mass is 9.96. The molecule has 2 aromatic rings. The first-order valence-electron chi connectivity index (χ1n) is 5.67. The van der Waals surface area contributed by atoms with Gasteiger partial charge in [-0.2, -0.15) is 4.37 Å². The van der Waals surface area contributed by atoms with Crippen LogP contribution in [0.3, 0.4) is 0 Å². The van der Waals surface area contributed by atoms with Gasteiger partial charge in [-0.3, -0.25) is 4.79 Å². The Morgan fingerprint density at radius 1 is 1.24 bits per heavy atom. The van der Waals surface area contributed by atoms with Crippen LogP contribution in [-0.2, 0) is 0 Å². The molecule has 0 spiro atoms. The van der Waals surface area contributed by atoms with E-state index in [-0.39, 0.29) is 5.78 Å². The molecule has 0 amide bonds. The number of ketones is 1. The zero-order chi connectivity index (χ0) is 12.4. The van der Waals surface area contributed by atoms with E-state index in [1.54, 1.807) is 6.92 Å². The Hall–Kier alpha value is -1.48. The number of benzene rings is 1. The second-order valence-corrected chi connectivity index (χ2v) is 5.12. The van der Waals surface area contributed by atoms with Crippen LogP contribution in [0.5, 0.6) is 0 Å². The van der Waals surface area contributed by atoms with Gasteiger partial charge in [-0.05, 0) is 17.5 Å². The van der Waals surface area contributed by atoms with Crippen LogP contribution in [0, 0.1) is 0 Å². The van der Waals surface area contributed by atoms with Crippen molar-refractivity contribution in [2.45, 2.75) is 26.7 Å². The number of aromatic nitrogens is 1. The van der Waals surface area contributed by atoms with Crippen LogP contribution in [0.2, 0.25) is 0 Å². The molecule has 0 unspecified atom stereocenters. The van der Waals surface area contributed by atoms with Gasteiger partial charge in [-0.25, -0.2) is 0 Å². The maximum Gasteiger partial charge on any atom is 0.171 e. The fraction of sp³-hybridized carbons (Fsp3) is 0.286. The molecule has 0 aliphatic carbocycles. The van der Waals surface area contributed by atoms with Gasteiger partial charge in [-0.15, -0.1) is 0 Å². The fourth-order valence-corrected chi connectivity index (χ4v) is 2.84. The van der Waals surface area contributed by atoms with Crippen LogP contribution >= 0.6 is 11.5 Å². The highest BCUT2D eigenvalue weighted by molar-refractivity contribution is 7.08. The summed E-state index contributed by atoms with van der Waals surface area (Å²) in [7, 11) is 0. The topological polar surface area (TPSA) is 30.0 Å². The average Bonchev–Trinajstić information content (AvgIpc) is 2.74. The molecule has 17 heavy (non-hydrogen) atoms. The number of nitrogens with zero attached hydrogens (tertiary/aromatic N) is 1. The van der Waals surface area contributed by atoms with Gasteiger partial charge in [-0.1, -0.05) is 44.2 Å². The van der Waals surface area contributed by atoms with Crippen molar-refractivity contribution in [2.75, 3.05) is 0 Å². The molecule has 3 heteroatoms. The Bertz CT molecular complexity index is 528. The van der Waals surface area contributed by atoms with Gasteiger partial charge in [0.15, 0.2) is 5.78 Å². The molecular weight excluding hydrogens is 230 g/mol. The minimum atomic E-state index is 0.105. The summed E-state index contributed by atoms with van der Waals surface area (Å²) in [4.78, 5) is 12.4. The molecule has 2 rings (SSSR count). The molecule has 1 heterocycles. The van der Waals surface area contributed by atoms with Gasteiger partial charge in [0, 0.05) is 18.1 Å². The average molecular weight is 245 g/mol. The molecule has 88 valence electrons. The largest absolute Gasteiger partial charge is 0.294 e. The summed E-state index contributed by atoms with van der Waals surface area (Å²) >= 11 is 1.31. The molecule has 1 aromatic heterocycles. The van der Waals surface area contributed by atoms with E-state index in [1.165, 1.54) is 11.5 Å². The maximum atomic E-state index is 11.6. The summed E-state index contributed by atoms with van der Waals surface area (Å²) in [6.07, 6.45) is 0. The first-order valence-corrected chi connectivity index (χ1v) is 6.44. The van der Waals surface area contributed by atoms with Gasteiger partial charge < -0.3 is 0 Å². The quantitative estimate of drug-likeness (QED) is 0.761. The summed E-state index contributed by atoms with van der Waals surface area (Å²) in [5.41, 5.74) is 3.12. The standard InChI is InChI=1S/C14H15NOS/c1-9(2)12-13(11-7-5-4-6-8-11)15-17-14(12)10(3)16/h4-9H,1-3H3. The third-order valence-corrected chi connectivity index (χ3v) is 3.64. The third-order valence-electron chi connectivity index (χ3n) is 2.67. The van der Waals surface area contributed by atoms with E-state index >= 15 is 0 Å². The molecule has 0 saturated heterocycles. The Balaban J connectivity index is 2.60. The molecule has 0 fully saturated rings. The number of carbonyl (C=O) groups is 1. The predicted molar refractivity (Wildman–Crippen MR) is 71.6 cm³/mol. The SMILES string of the molecule is CC(=O)c1snc(-c2ccccc2)c1C(C)C. The highest BCUT2D eigenvalue weighted by atomic mass is 32.1. The summed E-state index contributed by atoms with van der Waals surface area (Å²) < 4.78 is 4.45.